The van der Waals surface area contributed by atoms with Crippen molar-refractivity contribution < 1.29 is 23.4 Å². The molecule has 1 aromatic carbocycles. The summed E-state index contributed by atoms with van der Waals surface area (Å²) >= 11 is 0. The molecule has 0 aromatic heterocycles. The summed E-state index contributed by atoms with van der Waals surface area (Å²) in [6, 6.07) is 5.95. The number of aliphatic hydroxyl groups excluding tert-OH is 2. The number of amides is 1. The summed E-state index contributed by atoms with van der Waals surface area (Å²) in [6.45, 7) is 0.173. The Hall–Kier alpha value is -1.64. The lowest BCUT2D eigenvalue weighted by Gasteiger charge is -2.15. The number of hydrogen-bond acceptors (Lipinski definition) is 5. The number of benzene rings is 1. The van der Waals surface area contributed by atoms with Crippen LogP contribution in [0.25, 0.3) is 0 Å². The first-order valence-electron chi connectivity index (χ1n) is 5.99. The minimum absolute atomic E-state index is 0.0866. The zero-order valence-electron chi connectivity index (χ0n) is 10.9. The van der Waals surface area contributed by atoms with Crippen molar-refractivity contribution in [2.24, 2.45) is 0 Å². The van der Waals surface area contributed by atoms with Gasteiger partial charge in [-0.1, -0.05) is 0 Å². The normalized spacial score (nSPS) is 22.9. The summed E-state index contributed by atoms with van der Waals surface area (Å²) < 4.78 is 24.4. The van der Waals surface area contributed by atoms with Crippen molar-refractivity contribution in [3.63, 3.8) is 0 Å². The number of carbonyl (C=O) groups excluding carboxylic acids is 1. The van der Waals surface area contributed by atoms with Crippen LogP contribution in [0.15, 0.2) is 24.3 Å². The van der Waals surface area contributed by atoms with E-state index in [0.717, 1.165) is 6.26 Å². The van der Waals surface area contributed by atoms with Crippen molar-refractivity contribution in [3.05, 3.63) is 29.8 Å². The molecule has 1 heterocycles. The monoisotopic (exact) mass is 300 g/mol. The number of carbonyl (C=O) groups is 1. The van der Waals surface area contributed by atoms with E-state index < -0.39 is 22.2 Å². The predicted molar refractivity (Wildman–Crippen MR) is 72.8 cm³/mol. The van der Waals surface area contributed by atoms with Crippen LogP contribution in [0.1, 0.15) is 10.4 Å². The Morgan fingerprint density at radius 1 is 1.20 bits per heavy atom. The lowest BCUT2D eigenvalue weighted by molar-refractivity contribution is 0.0572. The maximum Gasteiger partial charge on any atom is 0.254 e. The SMILES string of the molecule is CS(=O)(=O)Nc1ccc(C(=O)N2C[C@@H](O)[C@@H](O)C2)cc1. The Balaban J connectivity index is 2.08. The molecule has 7 nitrogen and oxygen atoms in total. The molecule has 1 saturated heterocycles. The highest BCUT2D eigenvalue weighted by molar-refractivity contribution is 7.92. The first kappa shape index (κ1) is 14.8. The van der Waals surface area contributed by atoms with Crippen LogP contribution in [0.5, 0.6) is 0 Å². The molecule has 0 aliphatic carbocycles. The van der Waals surface area contributed by atoms with Gasteiger partial charge in [0, 0.05) is 24.3 Å². The predicted octanol–water partition coefficient (Wildman–Crippen LogP) is -0.764. The molecule has 0 bridgehead atoms. The summed E-state index contributed by atoms with van der Waals surface area (Å²) in [5.41, 5.74) is 0.732. The second-order valence-corrected chi connectivity index (χ2v) is 6.54. The van der Waals surface area contributed by atoms with E-state index in [1.807, 2.05) is 0 Å². The molecule has 20 heavy (non-hydrogen) atoms. The van der Waals surface area contributed by atoms with Gasteiger partial charge >= 0.3 is 0 Å². The van der Waals surface area contributed by atoms with Gasteiger partial charge in [-0.05, 0) is 24.3 Å². The smallest absolute Gasteiger partial charge is 0.254 e. The number of rotatable bonds is 3. The van der Waals surface area contributed by atoms with Crippen LogP contribution < -0.4 is 4.72 Å². The average molecular weight is 300 g/mol. The number of nitrogens with zero attached hydrogens (tertiary/aromatic N) is 1. The lowest BCUT2D eigenvalue weighted by Crippen LogP contribution is -2.29. The third-order valence-electron chi connectivity index (χ3n) is 2.98. The topological polar surface area (TPSA) is 107 Å². The second kappa shape index (κ2) is 5.39. The van der Waals surface area contributed by atoms with Crippen LogP contribution in [0.2, 0.25) is 0 Å². The molecule has 1 aromatic rings. The molecular formula is C12H16N2O5S. The summed E-state index contributed by atoms with van der Waals surface area (Å²) in [5.74, 6) is -0.313. The summed E-state index contributed by atoms with van der Waals surface area (Å²) in [7, 11) is -3.35. The largest absolute Gasteiger partial charge is 0.388 e. The number of nitrogens with one attached hydrogen (secondary N) is 1. The van der Waals surface area contributed by atoms with E-state index in [1.54, 1.807) is 0 Å². The summed E-state index contributed by atoms with van der Waals surface area (Å²) in [5, 5.41) is 18.8. The third-order valence-corrected chi connectivity index (χ3v) is 3.59. The van der Waals surface area contributed by atoms with E-state index in [2.05, 4.69) is 4.72 Å². The van der Waals surface area contributed by atoms with Crippen LogP contribution in [-0.2, 0) is 10.0 Å². The standard InChI is InChI=1S/C12H16N2O5S/c1-20(18,19)13-9-4-2-8(3-5-9)12(17)14-6-10(15)11(16)7-14/h2-5,10-11,13,15-16H,6-7H2,1H3/t10-,11+. The van der Waals surface area contributed by atoms with Gasteiger partial charge in [-0.15, -0.1) is 0 Å². The molecule has 1 fully saturated rings. The molecule has 1 amide bonds. The van der Waals surface area contributed by atoms with Gasteiger partial charge in [0.05, 0.1) is 18.5 Å². The van der Waals surface area contributed by atoms with Crippen LogP contribution >= 0.6 is 0 Å². The van der Waals surface area contributed by atoms with E-state index in [1.165, 1.54) is 29.2 Å². The summed E-state index contributed by atoms with van der Waals surface area (Å²) in [6.07, 6.45) is -0.811. The van der Waals surface area contributed by atoms with Gasteiger partial charge in [-0.2, -0.15) is 0 Å². The Morgan fingerprint density at radius 3 is 2.15 bits per heavy atom. The number of hydrogen-bond donors (Lipinski definition) is 3. The van der Waals surface area contributed by atoms with Crippen molar-refractivity contribution in [2.45, 2.75) is 12.2 Å². The number of sulfonamides is 1. The third kappa shape index (κ3) is 3.47. The molecule has 0 saturated carbocycles. The first-order valence-corrected chi connectivity index (χ1v) is 7.88. The van der Waals surface area contributed by atoms with Crippen LogP contribution in [-0.4, -0.2) is 61.0 Å². The Morgan fingerprint density at radius 2 is 1.70 bits per heavy atom. The molecule has 8 heteroatoms. The van der Waals surface area contributed by atoms with Gasteiger partial charge in [0.15, 0.2) is 0 Å². The van der Waals surface area contributed by atoms with Crippen LogP contribution in [0, 0.1) is 0 Å². The highest BCUT2D eigenvalue weighted by atomic mass is 32.2. The molecule has 2 rings (SSSR count). The van der Waals surface area contributed by atoms with E-state index in [0.29, 0.717) is 11.3 Å². The van der Waals surface area contributed by atoms with Crippen molar-refractivity contribution >= 4 is 21.6 Å². The molecule has 0 radical (unpaired) electrons. The van der Waals surface area contributed by atoms with Gasteiger partial charge in [0.1, 0.15) is 0 Å². The van der Waals surface area contributed by atoms with Crippen molar-refractivity contribution in [3.8, 4) is 0 Å². The number of aliphatic hydroxyl groups is 2. The Labute approximate surface area is 116 Å². The average Bonchev–Trinajstić information content (AvgIpc) is 2.68. The molecular weight excluding hydrogens is 284 g/mol. The van der Waals surface area contributed by atoms with E-state index in [-0.39, 0.29) is 19.0 Å². The number of likely N-dealkylation sites (tertiary alicyclic amines) is 1. The van der Waals surface area contributed by atoms with E-state index >= 15 is 0 Å². The molecule has 110 valence electrons. The minimum Gasteiger partial charge on any atom is -0.388 e. The zero-order valence-corrected chi connectivity index (χ0v) is 11.7. The summed E-state index contributed by atoms with van der Waals surface area (Å²) in [4.78, 5) is 13.5. The minimum atomic E-state index is -3.35. The van der Waals surface area contributed by atoms with Crippen molar-refractivity contribution in [1.29, 1.82) is 0 Å². The van der Waals surface area contributed by atoms with Gasteiger partial charge in [0.2, 0.25) is 10.0 Å². The second-order valence-electron chi connectivity index (χ2n) is 4.80. The molecule has 1 aliphatic heterocycles. The number of β-amino-alcohol motifs (C(OH)–C–C–N with tert-alkyl or cyclic N) is 2. The van der Waals surface area contributed by atoms with Gasteiger partial charge in [-0.25, -0.2) is 8.42 Å². The lowest BCUT2D eigenvalue weighted by atomic mass is 10.2. The Bertz CT molecular complexity index is 589. The quantitative estimate of drug-likeness (QED) is 0.680. The zero-order chi connectivity index (χ0) is 14.9. The first-order chi connectivity index (χ1) is 9.26. The molecule has 0 unspecified atom stereocenters. The van der Waals surface area contributed by atoms with Crippen LogP contribution in [0.3, 0.4) is 0 Å². The highest BCUT2D eigenvalue weighted by Gasteiger charge is 2.32. The molecule has 0 spiro atoms. The van der Waals surface area contributed by atoms with Crippen molar-refractivity contribution in [1.82, 2.24) is 4.90 Å². The maximum absolute atomic E-state index is 12.1. The van der Waals surface area contributed by atoms with Gasteiger partial charge in [-0.3, -0.25) is 9.52 Å². The molecule has 2 atom stereocenters. The van der Waals surface area contributed by atoms with Gasteiger partial charge < -0.3 is 15.1 Å². The fourth-order valence-corrected chi connectivity index (χ4v) is 2.58. The maximum atomic E-state index is 12.1. The van der Waals surface area contributed by atoms with E-state index in [9.17, 15) is 23.4 Å². The van der Waals surface area contributed by atoms with E-state index in [4.69, 9.17) is 0 Å². The van der Waals surface area contributed by atoms with Crippen LogP contribution in [0.4, 0.5) is 5.69 Å². The fourth-order valence-electron chi connectivity index (χ4n) is 2.01. The molecule has 1 aliphatic rings. The molecule has 3 N–H and O–H groups in total. The van der Waals surface area contributed by atoms with Crippen molar-refractivity contribution in [2.75, 3.05) is 24.1 Å². The number of anilines is 1. The highest BCUT2D eigenvalue weighted by Crippen LogP contribution is 2.16. The Kier molecular flexibility index (Phi) is 3.98. The van der Waals surface area contributed by atoms with Gasteiger partial charge in [0.25, 0.3) is 5.91 Å². The fraction of sp³-hybridized carbons (Fsp3) is 0.417.